The van der Waals surface area contributed by atoms with Gasteiger partial charge in [-0.2, -0.15) is 0 Å². The third kappa shape index (κ3) is 4.11. The molecule has 0 bridgehead atoms. The monoisotopic (exact) mass is 315 g/mol. The largest absolute Gasteiger partial charge is 0.393 e. The molecular formula is C16H23Cl2NO. The molecule has 0 radical (unpaired) electrons. The molecule has 2 nitrogen and oxygen atoms in total. The Kier molecular flexibility index (Phi) is 5.74. The number of aliphatic hydroxyl groups excluding tert-OH is 1. The van der Waals surface area contributed by atoms with Gasteiger partial charge in [0, 0.05) is 6.54 Å². The molecule has 2 N–H and O–H groups in total. The predicted octanol–water partition coefficient (Wildman–Crippen LogP) is 4.07. The molecule has 112 valence electrons. The van der Waals surface area contributed by atoms with E-state index in [9.17, 15) is 5.11 Å². The number of benzene rings is 1. The molecule has 0 aliphatic heterocycles. The van der Waals surface area contributed by atoms with Gasteiger partial charge in [-0.1, -0.05) is 29.3 Å². The number of rotatable bonds is 5. The van der Waals surface area contributed by atoms with Gasteiger partial charge in [-0.15, -0.1) is 0 Å². The maximum atomic E-state index is 9.71. The molecule has 0 spiro atoms. The fourth-order valence-electron chi connectivity index (χ4n) is 3.21. The average molecular weight is 316 g/mol. The summed E-state index contributed by atoms with van der Waals surface area (Å²) in [6.07, 6.45) is 6.05. The van der Waals surface area contributed by atoms with Gasteiger partial charge in [0.2, 0.25) is 0 Å². The van der Waals surface area contributed by atoms with E-state index in [2.05, 4.69) is 11.4 Å². The van der Waals surface area contributed by atoms with Crippen LogP contribution in [-0.4, -0.2) is 24.8 Å². The minimum atomic E-state index is -0.107. The van der Waals surface area contributed by atoms with Crippen LogP contribution in [0.5, 0.6) is 0 Å². The molecule has 1 aromatic rings. The van der Waals surface area contributed by atoms with Crippen molar-refractivity contribution in [2.24, 2.45) is 5.41 Å². The zero-order chi connectivity index (χ0) is 14.6. The molecule has 1 saturated carbocycles. The van der Waals surface area contributed by atoms with Gasteiger partial charge in [-0.3, -0.25) is 0 Å². The first-order valence-corrected chi connectivity index (χ1v) is 8.07. The average Bonchev–Trinajstić information content (AvgIpc) is 2.44. The Morgan fingerprint density at radius 2 is 1.95 bits per heavy atom. The van der Waals surface area contributed by atoms with Crippen molar-refractivity contribution in [1.29, 1.82) is 0 Å². The minimum absolute atomic E-state index is 0.107. The molecule has 0 atom stereocenters. The second kappa shape index (κ2) is 7.13. The summed E-state index contributed by atoms with van der Waals surface area (Å²) in [6.45, 7) is 1.01. The van der Waals surface area contributed by atoms with Gasteiger partial charge in [0.05, 0.1) is 16.1 Å². The Bertz CT molecular complexity index is 442. The van der Waals surface area contributed by atoms with Crippen LogP contribution in [0, 0.1) is 5.41 Å². The van der Waals surface area contributed by atoms with E-state index in [0.29, 0.717) is 15.5 Å². The van der Waals surface area contributed by atoms with Gasteiger partial charge in [-0.25, -0.2) is 0 Å². The normalized spacial score (nSPS) is 26.7. The van der Waals surface area contributed by atoms with Crippen LogP contribution < -0.4 is 5.32 Å². The smallest absolute Gasteiger partial charge is 0.0595 e. The summed E-state index contributed by atoms with van der Waals surface area (Å²) >= 11 is 12.0. The zero-order valence-corrected chi connectivity index (χ0v) is 13.5. The van der Waals surface area contributed by atoms with Crippen molar-refractivity contribution in [2.75, 3.05) is 13.6 Å². The van der Waals surface area contributed by atoms with E-state index < -0.39 is 0 Å². The third-order valence-corrected chi connectivity index (χ3v) is 5.23. The Morgan fingerprint density at radius 1 is 1.25 bits per heavy atom. The molecule has 4 heteroatoms. The highest BCUT2D eigenvalue weighted by molar-refractivity contribution is 6.42. The van der Waals surface area contributed by atoms with Gasteiger partial charge in [-0.05, 0) is 68.7 Å². The van der Waals surface area contributed by atoms with E-state index in [-0.39, 0.29) is 6.10 Å². The summed E-state index contributed by atoms with van der Waals surface area (Å²) in [7, 11) is 2.01. The quantitative estimate of drug-likeness (QED) is 0.858. The first-order chi connectivity index (χ1) is 9.54. The Balaban J connectivity index is 1.99. The second-order valence-corrected chi connectivity index (χ2v) is 6.82. The van der Waals surface area contributed by atoms with E-state index >= 15 is 0 Å². The summed E-state index contributed by atoms with van der Waals surface area (Å²) in [6, 6.07) is 5.89. The summed E-state index contributed by atoms with van der Waals surface area (Å²) in [5, 5.41) is 14.3. The third-order valence-electron chi connectivity index (χ3n) is 4.50. The number of hydrogen-bond acceptors (Lipinski definition) is 2. The van der Waals surface area contributed by atoms with Crippen LogP contribution in [0.3, 0.4) is 0 Å². The van der Waals surface area contributed by atoms with Crippen LogP contribution >= 0.6 is 23.2 Å². The van der Waals surface area contributed by atoms with Gasteiger partial charge in [0.1, 0.15) is 0 Å². The molecule has 0 aromatic heterocycles. The molecule has 20 heavy (non-hydrogen) atoms. The van der Waals surface area contributed by atoms with Crippen molar-refractivity contribution in [1.82, 2.24) is 5.32 Å². The summed E-state index contributed by atoms with van der Waals surface area (Å²) in [5.74, 6) is 0. The van der Waals surface area contributed by atoms with Gasteiger partial charge in [0.25, 0.3) is 0 Å². The van der Waals surface area contributed by atoms with E-state index in [4.69, 9.17) is 23.2 Å². The number of aryl methyl sites for hydroxylation is 1. The number of halogens is 2. The number of nitrogens with one attached hydrogen (secondary N) is 1. The molecule has 1 aliphatic carbocycles. The summed E-state index contributed by atoms with van der Waals surface area (Å²) < 4.78 is 0. The molecular weight excluding hydrogens is 293 g/mol. The molecule has 0 saturated heterocycles. The van der Waals surface area contributed by atoms with Crippen LogP contribution in [0.15, 0.2) is 18.2 Å². The van der Waals surface area contributed by atoms with Crippen molar-refractivity contribution < 1.29 is 5.11 Å². The highest BCUT2D eigenvalue weighted by Crippen LogP contribution is 2.40. The standard InChI is InChI=1S/C16H23Cl2NO/c1-19-11-16(8-5-13(20)6-9-16)7-4-12-2-3-14(17)15(18)10-12/h2-3,10,13,19-20H,4-9,11H2,1H3. The zero-order valence-electron chi connectivity index (χ0n) is 12.0. The second-order valence-electron chi connectivity index (χ2n) is 6.01. The topological polar surface area (TPSA) is 32.3 Å². The SMILES string of the molecule is CNCC1(CCc2ccc(Cl)c(Cl)c2)CCC(O)CC1. The number of aliphatic hydroxyl groups is 1. The van der Waals surface area contributed by atoms with Crippen LogP contribution in [0.2, 0.25) is 10.0 Å². The van der Waals surface area contributed by atoms with E-state index in [0.717, 1.165) is 45.1 Å². The molecule has 1 fully saturated rings. The minimum Gasteiger partial charge on any atom is -0.393 e. The molecule has 0 unspecified atom stereocenters. The molecule has 1 aliphatic rings. The molecule has 0 heterocycles. The van der Waals surface area contributed by atoms with Crippen molar-refractivity contribution in [2.45, 2.75) is 44.6 Å². The van der Waals surface area contributed by atoms with Crippen molar-refractivity contribution in [3.8, 4) is 0 Å². The maximum absolute atomic E-state index is 9.71. The highest BCUT2D eigenvalue weighted by atomic mass is 35.5. The summed E-state index contributed by atoms with van der Waals surface area (Å²) in [5.41, 5.74) is 1.54. The molecule has 0 amide bonds. The van der Waals surface area contributed by atoms with E-state index in [1.807, 2.05) is 19.2 Å². The first-order valence-electron chi connectivity index (χ1n) is 7.31. The Hall–Kier alpha value is -0.280. The lowest BCUT2D eigenvalue weighted by Crippen LogP contribution is -2.38. The van der Waals surface area contributed by atoms with E-state index in [1.165, 1.54) is 5.56 Å². The van der Waals surface area contributed by atoms with Crippen LogP contribution in [0.4, 0.5) is 0 Å². The lowest BCUT2D eigenvalue weighted by Gasteiger charge is -2.39. The number of hydrogen-bond donors (Lipinski definition) is 2. The Labute approximate surface area is 131 Å². The van der Waals surface area contributed by atoms with Crippen molar-refractivity contribution in [3.63, 3.8) is 0 Å². The van der Waals surface area contributed by atoms with E-state index in [1.54, 1.807) is 0 Å². The van der Waals surface area contributed by atoms with Gasteiger partial charge in [0.15, 0.2) is 0 Å². The summed E-state index contributed by atoms with van der Waals surface area (Å²) in [4.78, 5) is 0. The first kappa shape index (κ1) is 16.1. The lowest BCUT2D eigenvalue weighted by molar-refractivity contribution is 0.0582. The lowest BCUT2D eigenvalue weighted by atomic mass is 9.70. The molecule has 1 aromatic carbocycles. The highest BCUT2D eigenvalue weighted by Gasteiger charge is 2.33. The molecule has 2 rings (SSSR count). The van der Waals surface area contributed by atoms with Crippen molar-refractivity contribution in [3.05, 3.63) is 33.8 Å². The van der Waals surface area contributed by atoms with Crippen LogP contribution in [0.1, 0.15) is 37.7 Å². The fraction of sp³-hybridized carbons (Fsp3) is 0.625. The maximum Gasteiger partial charge on any atom is 0.0595 e. The van der Waals surface area contributed by atoms with Crippen LogP contribution in [-0.2, 0) is 6.42 Å². The predicted molar refractivity (Wildman–Crippen MR) is 85.6 cm³/mol. The fourth-order valence-corrected chi connectivity index (χ4v) is 3.53. The van der Waals surface area contributed by atoms with Crippen LogP contribution in [0.25, 0.3) is 0 Å². The van der Waals surface area contributed by atoms with Gasteiger partial charge < -0.3 is 10.4 Å². The van der Waals surface area contributed by atoms with Crippen molar-refractivity contribution >= 4 is 23.2 Å². The van der Waals surface area contributed by atoms with Gasteiger partial charge >= 0.3 is 0 Å². The Morgan fingerprint density at radius 3 is 2.55 bits per heavy atom.